The second-order valence-electron chi connectivity index (χ2n) is 5.40. The van der Waals surface area contributed by atoms with E-state index in [9.17, 15) is 13.6 Å². The van der Waals surface area contributed by atoms with Crippen LogP contribution in [-0.2, 0) is 4.79 Å². The van der Waals surface area contributed by atoms with Crippen molar-refractivity contribution in [3.8, 4) is 5.75 Å². The molecule has 0 aliphatic heterocycles. The Bertz CT molecular complexity index is 930. The van der Waals surface area contributed by atoms with Gasteiger partial charge in [-0.25, -0.2) is 4.98 Å². The quantitative estimate of drug-likeness (QED) is 0.663. The van der Waals surface area contributed by atoms with Crippen molar-refractivity contribution in [2.24, 2.45) is 0 Å². The second-order valence-corrected chi connectivity index (χ2v) is 6.34. The van der Waals surface area contributed by atoms with Crippen LogP contribution in [0.15, 0.2) is 35.5 Å². The van der Waals surface area contributed by atoms with Crippen LogP contribution in [-0.4, -0.2) is 37.9 Å². The maximum atomic E-state index is 12.1. The Morgan fingerprint density at radius 1 is 1.27 bits per heavy atom. The summed E-state index contributed by atoms with van der Waals surface area (Å²) < 4.78 is 30.3. The monoisotopic (exact) mass is 379 g/mol. The molecule has 0 bridgehead atoms. The number of aryl methyl sites for hydroxylation is 2. The number of aromatic nitrogens is 4. The first kappa shape index (κ1) is 18.1. The molecule has 3 rings (SSSR count). The minimum Gasteiger partial charge on any atom is -0.435 e. The molecule has 3 aromatic rings. The third-order valence-corrected chi connectivity index (χ3v) is 4.29. The van der Waals surface area contributed by atoms with E-state index in [-0.39, 0.29) is 17.4 Å². The zero-order chi connectivity index (χ0) is 18.7. The number of rotatable bonds is 6. The third-order valence-electron chi connectivity index (χ3n) is 3.36. The summed E-state index contributed by atoms with van der Waals surface area (Å²) in [5, 5.41) is 11.3. The molecule has 1 N–H and O–H groups in total. The summed E-state index contributed by atoms with van der Waals surface area (Å²) in [4.78, 5) is 16.4. The second kappa shape index (κ2) is 7.65. The first-order valence-corrected chi connectivity index (χ1v) is 8.58. The maximum absolute atomic E-state index is 12.1. The molecule has 0 radical (unpaired) electrons. The Morgan fingerprint density at radius 3 is 2.69 bits per heavy atom. The smallest absolute Gasteiger partial charge is 0.387 e. The van der Waals surface area contributed by atoms with Crippen molar-refractivity contribution in [3.63, 3.8) is 0 Å². The molecule has 0 saturated heterocycles. The molecule has 136 valence electrons. The van der Waals surface area contributed by atoms with Crippen LogP contribution < -0.4 is 10.1 Å². The molecule has 0 fully saturated rings. The number of halogens is 2. The molecule has 0 atom stereocenters. The first-order chi connectivity index (χ1) is 12.4. The van der Waals surface area contributed by atoms with Gasteiger partial charge in [-0.3, -0.25) is 9.20 Å². The minimum atomic E-state index is -2.88. The van der Waals surface area contributed by atoms with Crippen molar-refractivity contribution in [2.75, 3.05) is 11.1 Å². The predicted molar refractivity (Wildman–Crippen MR) is 92.7 cm³/mol. The lowest BCUT2D eigenvalue weighted by Gasteiger charge is -2.07. The highest BCUT2D eigenvalue weighted by molar-refractivity contribution is 7.99. The highest BCUT2D eigenvalue weighted by atomic mass is 32.2. The van der Waals surface area contributed by atoms with Crippen molar-refractivity contribution in [1.82, 2.24) is 19.6 Å². The van der Waals surface area contributed by atoms with Gasteiger partial charge in [0.05, 0.1) is 5.75 Å². The fourth-order valence-electron chi connectivity index (χ4n) is 2.34. The third kappa shape index (κ3) is 4.26. The van der Waals surface area contributed by atoms with Gasteiger partial charge >= 0.3 is 6.61 Å². The predicted octanol–water partition coefficient (Wildman–Crippen LogP) is 3.07. The number of amides is 1. The van der Waals surface area contributed by atoms with Crippen molar-refractivity contribution in [3.05, 3.63) is 41.7 Å². The fraction of sp³-hybridized carbons (Fsp3) is 0.250. The Labute approximate surface area is 151 Å². The Hall–Kier alpha value is -2.75. The van der Waals surface area contributed by atoms with E-state index >= 15 is 0 Å². The summed E-state index contributed by atoms with van der Waals surface area (Å²) in [6, 6.07) is 7.60. The summed E-state index contributed by atoms with van der Waals surface area (Å²) >= 11 is 1.23. The largest absolute Gasteiger partial charge is 0.435 e. The van der Waals surface area contributed by atoms with E-state index in [0.29, 0.717) is 16.6 Å². The molecular formula is C16H15F2N5O2S. The number of alkyl halides is 2. The lowest BCUT2D eigenvalue weighted by molar-refractivity contribution is -0.113. The van der Waals surface area contributed by atoms with Crippen LogP contribution >= 0.6 is 11.8 Å². The van der Waals surface area contributed by atoms with Gasteiger partial charge in [-0.05, 0) is 44.2 Å². The van der Waals surface area contributed by atoms with Gasteiger partial charge in [0.1, 0.15) is 5.75 Å². The molecule has 0 saturated carbocycles. The number of benzene rings is 1. The van der Waals surface area contributed by atoms with Crippen molar-refractivity contribution < 1.29 is 18.3 Å². The standard InChI is InChI=1S/C16H15F2N5O2S/c1-9-7-10(2)23-15(19-9)21-22-16(23)26-8-13(24)20-11-3-5-12(6-4-11)25-14(17)18/h3-7,14H,8H2,1-2H3,(H,20,24). The number of fused-ring (bicyclic) bond motifs is 1. The summed E-state index contributed by atoms with van der Waals surface area (Å²) in [6.07, 6.45) is 0. The highest BCUT2D eigenvalue weighted by Gasteiger charge is 2.12. The van der Waals surface area contributed by atoms with Crippen LogP contribution in [0.5, 0.6) is 5.75 Å². The first-order valence-electron chi connectivity index (χ1n) is 7.59. The average Bonchev–Trinajstić information content (AvgIpc) is 2.97. The van der Waals surface area contributed by atoms with Crippen LogP contribution in [0.3, 0.4) is 0 Å². The molecular weight excluding hydrogens is 364 g/mol. The van der Waals surface area contributed by atoms with E-state index in [2.05, 4.69) is 25.2 Å². The van der Waals surface area contributed by atoms with Gasteiger partial charge in [-0.15, -0.1) is 10.2 Å². The van der Waals surface area contributed by atoms with E-state index in [0.717, 1.165) is 11.4 Å². The van der Waals surface area contributed by atoms with Crippen LogP contribution in [0.2, 0.25) is 0 Å². The van der Waals surface area contributed by atoms with Gasteiger partial charge in [0.25, 0.3) is 5.78 Å². The fourth-order valence-corrected chi connectivity index (χ4v) is 3.13. The summed E-state index contributed by atoms with van der Waals surface area (Å²) in [6.45, 7) is 0.907. The normalized spacial score (nSPS) is 11.1. The Morgan fingerprint density at radius 2 is 2.00 bits per heavy atom. The number of hydrogen-bond donors (Lipinski definition) is 1. The summed E-state index contributed by atoms with van der Waals surface area (Å²) in [5.74, 6) is 0.372. The van der Waals surface area contributed by atoms with E-state index in [1.807, 2.05) is 19.9 Å². The van der Waals surface area contributed by atoms with Crippen molar-refractivity contribution in [1.29, 1.82) is 0 Å². The van der Waals surface area contributed by atoms with Crippen molar-refractivity contribution in [2.45, 2.75) is 25.6 Å². The van der Waals surface area contributed by atoms with E-state index in [1.165, 1.54) is 36.0 Å². The van der Waals surface area contributed by atoms with E-state index in [1.54, 1.807) is 4.40 Å². The van der Waals surface area contributed by atoms with Gasteiger partial charge in [-0.1, -0.05) is 11.8 Å². The number of ether oxygens (including phenoxy) is 1. The highest BCUT2D eigenvalue weighted by Crippen LogP contribution is 2.20. The van der Waals surface area contributed by atoms with Gasteiger partial charge in [0, 0.05) is 17.1 Å². The number of nitrogens with one attached hydrogen (secondary N) is 1. The van der Waals surface area contributed by atoms with Gasteiger partial charge < -0.3 is 10.1 Å². The molecule has 2 aromatic heterocycles. The molecule has 26 heavy (non-hydrogen) atoms. The van der Waals surface area contributed by atoms with Gasteiger partial charge in [0.15, 0.2) is 5.16 Å². The van der Waals surface area contributed by atoms with E-state index < -0.39 is 6.61 Å². The van der Waals surface area contributed by atoms with Crippen LogP contribution in [0, 0.1) is 13.8 Å². The molecule has 0 aliphatic carbocycles. The van der Waals surface area contributed by atoms with Crippen LogP contribution in [0.1, 0.15) is 11.4 Å². The molecule has 0 unspecified atom stereocenters. The lowest BCUT2D eigenvalue weighted by Crippen LogP contribution is -2.14. The molecule has 2 heterocycles. The van der Waals surface area contributed by atoms with Crippen LogP contribution in [0.25, 0.3) is 5.78 Å². The lowest BCUT2D eigenvalue weighted by atomic mass is 10.3. The molecule has 7 nitrogen and oxygen atoms in total. The van der Waals surface area contributed by atoms with Crippen molar-refractivity contribution >= 4 is 29.1 Å². The summed E-state index contributed by atoms with van der Waals surface area (Å²) in [7, 11) is 0. The molecule has 1 aromatic carbocycles. The topological polar surface area (TPSA) is 81.4 Å². The van der Waals surface area contributed by atoms with Crippen LogP contribution in [0.4, 0.5) is 14.5 Å². The Kier molecular flexibility index (Phi) is 5.31. The molecule has 10 heteroatoms. The SMILES string of the molecule is Cc1cc(C)n2c(SCC(=O)Nc3ccc(OC(F)F)cc3)nnc2n1. The van der Waals surface area contributed by atoms with Gasteiger partial charge in [-0.2, -0.15) is 8.78 Å². The number of thioether (sulfide) groups is 1. The zero-order valence-electron chi connectivity index (χ0n) is 13.9. The number of anilines is 1. The maximum Gasteiger partial charge on any atom is 0.387 e. The number of carbonyl (C=O) groups is 1. The molecule has 0 aliphatic rings. The average molecular weight is 379 g/mol. The van der Waals surface area contributed by atoms with Gasteiger partial charge in [0.2, 0.25) is 5.91 Å². The number of carbonyl (C=O) groups excluding carboxylic acids is 1. The Balaban J connectivity index is 1.61. The number of nitrogens with zero attached hydrogens (tertiary/aromatic N) is 4. The van der Waals surface area contributed by atoms with E-state index in [4.69, 9.17) is 0 Å². The zero-order valence-corrected chi connectivity index (χ0v) is 14.8. The summed E-state index contributed by atoms with van der Waals surface area (Å²) in [5.41, 5.74) is 2.25. The number of hydrogen-bond acceptors (Lipinski definition) is 6. The molecule has 0 spiro atoms. The minimum absolute atomic E-state index is 0.0283. The molecule has 1 amide bonds.